The van der Waals surface area contributed by atoms with Gasteiger partial charge < -0.3 is 4.57 Å². The van der Waals surface area contributed by atoms with Crippen LogP contribution in [0.2, 0.25) is 0 Å². The van der Waals surface area contributed by atoms with E-state index >= 15 is 0 Å². The first-order valence-electron chi connectivity index (χ1n) is 11.3. The third kappa shape index (κ3) is 2.77. The maximum atomic E-state index is 13.9. The molecule has 1 aliphatic rings. The molecule has 1 aliphatic carbocycles. The van der Waals surface area contributed by atoms with Crippen molar-refractivity contribution >= 4 is 21.8 Å². The molecule has 0 radical (unpaired) electrons. The van der Waals surface area contributed by atoms with Gasteiger partial charge in [0.05, 0.1) is 11.0 Å². The highest BCUT2D eigenvalue weighted by Crippen LogP contribution is 2.39. The van der Waals surface area contributed by atoms with Crippen LogP contribution >= 0.6 is 0 Å². The van der Waals surface area contributed by atoms with Crippen LogP contribution in [0.5, 0.6) is 0 Å². The van der Waals surface area contributed by atoms with Gasteiger partial charge in [0.1, 0.15) is 5.82 Å². The summed E-state index contributed by atoms with van der Waals surface area (Å²) < 4.78 is 16.2. The summed E-state index contributed by atoms with van der Waals surface area (Å²) in [5.74, 6) is -0.178. The van der Waals surface area contributed by atoms with E-state index in [1.54, 1.807) is 12.1 Å². The Kier molecular flexibility index (Phi) is 3.86. The Balaban J connectivity index is 1.33. The first-order chi connectivity index (χ1) is 16.3. The molecule has 0 atom stereocenters. The van der Waals surface area contributed by atoms with Gasteiger partial charge in [0.25, 0.3) is 0 Å². The average molecular weight is 426 g/mol. The molecule has 0 aliphatic heterocycles. The third-order valence-electron chi connectivity index (χ3n) is 6.89. The number of fused-ring (bicyclic) bond motifs is 6. The van der Waals surface area contributed by atoms with Crippen molar-refractivity contribution in [3.8, 4) is 27.9 Å². The maximum absolute atomic E-state index is 13.9. The van der Waals surface area contributed by atoms with Crippen LogP contribution in [-0.2, 0) is 6.42 Å². The van der Waals surface area contributed by atoms with Crippen molar-refractivity contribution in [2.24, 2.45) is 0 Å². The summed E-state index contributed by atoms with van der Waals surface area (Å²) in [6, 6.07) is 37.6. The van der Waals surface area contributed by atoms with Crippen LogP contribution in [0.15, 0.2) is 109 Å². The number of nitrogens with zero attached hydrogens (tertiary/aromatic N) is 1. The number of halogens is 1. The zero-order chi connectivity index (χ0) is 21.9. The lowest BCUT2D eigenvalue weighted by atomic mass is 9.98. The second-order valence-electron chi connectivity index (χ2n) is 8.77. The van der Waals surface area contributed by atoms with E-state index < -0.39 is 0 Å². The topological polar surface area (TPSA) is 4.93 Å². The smallest absolute Gasteiger partial charge is 0.123 e. The van der Waals surface area contributed by atoms with Crippen LogP contribution in [0, 0.1) is 5.82 Å². The summed E-state index contributed by atoms with van der Waals surface area (Å²) in [6.45, 7) is 0. The van der Waals surface area contributed by atoms with E-state index in [1.807, 2.05) is 6.07 Å². The predicted molar refractivity (Wildman–Crippen MR) is 134 cm³/mol. The molecule has 0 amide bonds. The minimum Gasteiger partial charge on any atom is -0.309 e. The zero-order valence-corrected chi connectivity index (χ0v) is 17.9. The van der Waals surface area contributed by atoms with Crippen molar-refractivity contribution in [2.45, 2.75) is 6.42 Å². The molecule has 0 unspecified atom stereocenters. The molecule has 33 heavy (non-hydrogen) atoms. The number of hydrogen-bond acceptors (Lipinski definition) is 0. The molecule has 1 aromatic heterocycles. The molecule has 156 valence electrons. The fraction of sp³-hybridized carbons (Fsp3) is 0.0323. The van der Waals surface area contributed by atoms with Gasteiger partial charge in [-0.2, -0.15) is 0 Å². The van der Waals surface area contributed by atoms with Crippen molar-refractivity contribution < 1.29 is 4.39 Å². The Morgan fingerprint density at radius 1 is 0.545 bits per heavy atom. The highest BCUT2D eigenvalue weighted by Gasteiger charge is 2.19. The van der Waals surface area contributed by atoms with Gasteiger partial charge >= 0.3 is 0 Å². The normalized spacial score (nSPS) is 12.3. The average Bonchev–Trinajstić information content (AvgIpc) is 3.39. The molecule has 1 heterocycles. The summed E-state index contributed by atoms with van der Waals surface area (Å²) in [7, 11) is 0. The van der Waals surface area contributed by atoms with Crippen LogP contribution in [0.1, 0.15) is 11.1 Å². The molecule has 6 aromatic rings. The van der Waals surface area contributed by atoms with Crippen molar-refractivity contribution in [1.82, 2.24) is 4.57 Å². The Labute approximate surface area is 191 Å². The fourth-order valence-corrected chi connectivity index (χ4v) is 5.32. The Morgan fingerprint density at radius 2 is 1.12 bits per heavy atom. The Morgan fingerprint density at radius 3 is 1.82 bits per heavy atom. The first-order valence-corrected chi connectivity index (χ1v) is 11.3. The summed E-state index contributed by atoms with van der Waals surface area (Å²) in [4.78, 5) is 0. The van der Waals surface area contributed by atoms with E-state index in [0.717, 1.165) is 34.4 Å². The first kappa shape index (κ1) is 18.4. The van der Waals surface area contributed by atoms with Crippen LogP contribution in [0.25, 0.3) is 49.7 Å². The molecule has 7 rings (SSSR count). The van der Waals surface area contributed by atoms with Crippen LogP contribution in [0.3, 0.4) is 0 Å². The number of aromatic nitrogens is 1. The van der Waals surface area contributed by atoms with E-state index in [-0.39, 0.29) is 5.82 Å². The summed E-state index contributed by atoms with van der Waals surface area (Å²) >= 11 is 0. The molecule has 0 N–H and O–H groups in total. The van der Waals surface area contributed by atoms with Gasteiger partial charge in [-0.15, -0.1) is 0 Å². The van der Waals surface area contributed by atoms with Gasteiger partial charge in [-0.1, -0.05) is 66.7 Å². The van der Waals surface area contributed by atoms with E-state index in [1.165, 1.54) is 32.9 Å². The summed E-state index contributed by atoms with van der Waals surface area (Å²) in [5, 5.41) is 2.53. The SMILES string of the molecule is Fc1ccc2c(c1)-c1cc(-c3ccc(-n4c5ccccc5c5ccccc54)cc3)ccc1C2. The maximum Gasteiger partial charge on any atom is 0.123 e. The van der Waals surface area contributed by atoms with Gasteiger partial charge in [0.2, 0.25) is 0 Å². The van der Waals surface area contributed by atoms with Crippen molar-refractivity contribution in [3.63, 3.8) is 0 Å². The van der Waals surface area contributed by atoms with Crippen LogP contribution in [0.4, 0.5) is 4.39 Å². The van der Waals surface area contributed by atoms with Gasteiger partial charge in [-0.25, -0.2) is 4.39 Å². The molecular formula is C31H20FN. The van der Waals surface area contributed by atoms with Crippen LogP contribution in [-0.4, -0.2) is 4.57 Å². The minimum absolute atomic E-state index is 0.178. The van der Waals surface area contributed by atoms with E-state index in [9.17, 15) is 4.39 Å². The standard InChI is InChI=1S/C31H20FN/c32-24-14-11-23-17-22-10-9-21(18-28(22)29(23)19-24)20-12-15-25(16-13-20)33-30-7-3-1-5-26(30)27-6-2-4-8-31(27)33/h1-16,18-19H,17H2. The lowest BCUT2D eigenvalue weighted by Gasteiger charge is -2.10. The monoisotopic (exact) mass is 425 g/mol. The number of hydrogen-bond donors (Lipinski definition) is 0. The lowest BCUT2D eigenvalue weighted by Crippen LogP contribution is -1.93. The van der Waals surface area contributed by atoms with Crippen molar-refractivity contribution in [2.75, 3.05) is 0 Å². The molecule has 0 bridgehead atoms. The molecule has 1 nitrogen and oxygen atoms in total. The van der Waals surface area contributed by atoms with Gasteiger partial charge in [0, 0.05) is 16.5 Å². The Hall–Kier alpha value is -4.17. The van der Waals surface area contributed by atoms with Gasteiger partial charge in [-0.05, 0) is 82.3 Å². The van der Waals surface area contributed by atoms with Gasteiger partial charge in [0.15, 0.2) is 0 Å². The highest BCUT2D eigenvalue weighted by molar-refractivity contribution is 6.09. The van der Waals surface area contributed by atoms with E-state index in [2.05, 4.69) is 95.6 Å². The van der Waals surface area contributed by atoms with Gasteiger partial charge in [-0.3, -0.25) is 0 Å². The summed E-state index contributed by atoms with van der Waals surface area (Å²) in [6.07, 6.45) is 0.873. The number of para-hydroxylation sites is 2. The second kappa shape index (κ2) is 6.91. The largest absolute Gasteiger partial charge is 0.309 e. The van der Waals surface area contributed by atoms with Crippen LogP contribution < -0.4 is 0 Å². The number of rotatable bonds is 2. The molecule has 5 aromatic carbocycles. The second-order valence-corrected chi connectivity index (χ2v) is 8.77. The minimum atomic E-state index is -0.178. The van der Waals surface area contributed by atoms with E-state index in [0.29, 0.717) is 0 Å². The molecule has 0 saturated carbocycles. The lowest BCUT2D eigenvalue weighted by molar-refractivity contribution is 0.628. The Bertz CT molecular complexity index is 1640. The predicted octanol–water partition coefficient (Wildman–Crippen LogP) is 8.16. The third-order valence-corrected chi connectivity index (χ3v) is 6.89. The number of benzene rings is 5. The molecule has 0 fully saturated rings. The summed E-state index contributed by atoms with van der Waals surface area (Å²) in [5.41, 5.74) is 10.5. The van der Waals surface area contributed by atoms with Crippen molar-refractivity contribution in [1.29, 1.82) is 0 Å². The fourth-order valence-electron chi connectivity index (χ4n) is 5.32. The molecule has 0 spiro atoms. The highest BCUT2D eigenvalue weighted by atomic mass is 19.1. The quantitative estimate of drug-likeness (QED) is 0.263. The zero-order valence-electron chi connectivity index (χ0n) is 17.9. The van der Waals surface area contributed by atoms with Crippen molar-refractivity contribution in [3.05, 3.63) is 126 Å². The molecular weight excluding hydrogens is 405 g/mol. The molecule has 2 heteroatoms. The van der Waals surface area contributed by atoms with E-state index in [4.69, 9.17) is 0 Å². The molecule has 0 saturated heterocycles.